The maximum atomic E-state index is 4.19. The molecule has 25 heavy (non-hydrogen) atoms. The van der Waals surface area contributed by atoms with E-state index in [9.17, 15) is 0 Å². The molecule has 3 saturated carbocycles. The molecule has 0 aromatic rings. The van der Waals surface area contributed by atoms with Gasteiger partial charge in [0.1, 0.15) is 0 Å². The Kier molecular flexibility index (Phi) is 6.63. The first-order valence-corrected chi connectivity index (χ1v) is 11.7. The van der Waals surface area contributed by atoms with Crippen LogP contribution in [0.5, 0.6) is 0 Å². The van der Waals surface area contributed by atoms with E-state index in [0.29, 0.717) is 0 Å². The molecule has 0 unspecified atom stereocenters. The van der Waals surface area contributed by atoms with Gasteiger partial charge in [0.05, 0.1) is 6.15 Å². The quantitative estimate of drug-likeness (QED) is 0.360. The van der Waals surface area contributed by atoms with Crippen molar-refractivity contribution in [2.45, 2.75) is 135 Å². The summed E-state index contributed by atoms with van der Waals surface area (Å²) in [6, 6.07) is 0. The minimum Gasteiger partial charge on any atom is -0.313 e. The molecule has 0 aliphatic heterocycles. The predicted octanol–water partition coefficient (Wildman–Crippen LogP) is 8.03. The fourth-order valence-corrected chi connectivity index (χ4v) is 6.91. The van der Waals surface area contributed by atoms with Gasteiger partial charge in [0.25, 0.3) is 0 Å². The van der Waals surface area contributed by atoms with Gasteiger partial charge >= 0.3 is 0 Å². The Morgan fingerprint density at radius 1 is 0.560 bits per heavy atom. The molecule has 0 radical (unpaired) electrons. The molecule has 0 aromatic carbocycles. The summed E-state index contributed by atoms with van der Waals surface area (Å²) in [4.78, 5) is 0. The van der Waals surface area contributed by atoms with Crippen LogP contribution in [0.2, 0.25) is 17.5 Å². The number of hydrogen-bond acceptors (Lipinski definition) is 0. The van der Waals surface area contributed by atoms with Gasteiger partial charge in [-0.25, -0.2) is 0 Å². The minimum atomic E-state index is -0.508. The number of rotatable bonds is 3. The first kappa shape index (κ1) is 19.4. The third-order valence-electron chi connectivity index (χ3n) is 7.99. The standard InChI is InChI=1S/C24H42B/c1-24(2,3)19-20-25(21-13-7-4-8-14-21,22-15-9-5-10-16-22)23-17-11-6-12-18-23/h21-23H,4-18H2,1-3H3/q-1. The molecule has 0 spiro atoms. The van der Waals surface area contributed by atoms with Crippen molar-refractivity contribution in [3.63, 3.8) is 0 Å². The number of hydrogen-bond donors (Lipinski definition) is 0. The van der Waals surface area contributed by atoms with Crippen LogP contribution in [0.25, 0.3) is 0 Å². The van der Waals surface area contributed by atoms with Gasteiger partial charge in [0, 0.05) is 5.41 Å². The lowest BCUT2D eigenvalue weighted by Gasteiger charge is -2.58. The van der Waals surface area contributed by atoms with Crippen LogP contribution in [-0.4, -0.2) is 6.15 Å². The SMILES string of the molecule is CC(C)(C)C#C[B-](C1CCCCC1)(C1CCCCC1)C1CCCCC1. The second-order valence-electron chi connectivity index (χ2n) is 10.8. The summed E-state index contributed by atoms with van der Waals surface area (Å²) < 4.78 is 0. The van der Waals surface area contributed by atoms with E-state index in [1.807, 2.05) is 0 Å². The normalized spacial score (nSPS) is 25.4. The smallest absolute Gasteiger partial charge is 0.0796 e. The largest absolute Gasteiger partial charge is 0.313 e. The molecule has 0 saturated heterocycles. The third kappa shape index (κ3) is 4.67. The van der Waals surface area contributed by atoms with Crippen LogP contribution in [0.1, 0.15) is 117 Å². The molecule has 0 aromatic heterocycles. The molecule has 0 nitrogen and oxygen atoms in total. The van der Waals surface area contributed by atoms with E-state index in [1.165, 1.54) is 96.3 Å². The van der Waals surface area contributed by atoms with Gasteiger partial charge < -0.3 is 5.82 Å². The van der Waals surface area contributed by atoms with Crippen molar-refractivity contribution < 1.29 is 0 Å². The van der Waals surface area contributed by atoms with Gasteiger partial charge in [-0.2, -0.15) is 17.5 Å². The Bertz CT molecular complexity index is 411. The molecule has 3 rings (SSSR count). The summed E-state index contributed by atoms with van der Waals surface area (Å²) in [5.74, 6) is 10.9. The fourth-order valence-electron chi connectivity index (χ4n) is 6.91. The van der Waals surface area contributed by atoms with Crippen LogP contribution in [0.4, 0.5) is 0 Å². The van der Waals surface area contributed by atoms with Crippen molar-refractivity contribution in [3.05, 3.63) is 0 Å². The van der Waals surface area contributed by atoms with Crippen molar-refractivity contribution in [3.8, 4) is 11.7 Å². The zero-order chi connectivity index (χ0) is 17.8. The van der Waals surface area contributed by atoms with Crippen LogP contribution >= 0.6 is 0 Å². The van der Waals surface area contributed by atoms with Gasteiger partial charge in [-0.3, -0.25) is 0 Å². The predicted molar refractivity (Wildman–Crippen MR) is 113 cm³/mol. The third-order valence-corrected chi connectivity index (χ3v) is 7.99. The van der Waals surface area contributed by atoms with Crippen LogP contribution in [0.3, 0.4) is 0 Å². The molecule has 3 fully saturated rings. The Balaban J connectivity index is 2.01. The highest BCUT2D eigenvalue weighted by atomic mass is 14.3. The van der Waals surface area contributed by atoms with E-state index in [0.717, 1.165) is 17.5 Å². The monoisotopic (exact) mass is 341 g/mol. The highest BCUT2D eigenvalue weighted by molar-refractivity contribution is 6.91. The Labute approximate surface area is 158 Å². The molecule has 3 aliphatic carbocycles. The van der Waals surface area contributed by atoms with Crippen molar-refractivity contribution in [1.82, 2.24) is 0 Å². The first-order chi connectivity index (χ1) is 12.0. The fraction of sp³-hybridized carbons (Fsp3) is 0.917. The maximum Gasteiger partial charge on any atom is 0.0796 e. The van der Waals surface area contributed by atoms with E-state index in [1.54, 1.807) is 0 Å². The second kappa shape index (κ2) is 8.54. The van der Waals surface area contributed by atoms with E-state index >= 15 is 0 Å². The minimum absolute atomic E-state index is 0.158. The van der Waals surface area contributed by atoms with E-state index in [2.05, 4.69) is 32.5 Å². The maximum absolute atomic E-state index is 4.19. The summed E-state index contributed by atoms with van der Waals surface area (Å²) in [5, 5.41) is 0. The molecule has 1 heteroatoms. The molecule has 0 amide bonds. The average Bonchev–Trinajstić information content (AvgIpc) is 2.64. The van der Waals surface area contributed by atoms with Crippen molar-refractivity contribution in [1.29, 1.82) is 0 Å². The van der Waals surface area contributed by atoms with Crippen molar-refractivity contribution in [2.24, 2.45) is 5.41 Å². The molecular formula is C24H42B-. The van der Waals surface area contributed by atoms with Gasteiger partial charge in [0.15, 0.2) is 0 Å². The topological polar surface area (TPSA) is 0 Å². The summed E-state index contributed by atoms with van der Waals surface area (Å²) in [6.07, 6.45) is 21.7. The van der Waals surface area contributed by atoms with Crippen molar-refractivity contribution >= 4 is 6.15 Å². The summed E-state index contributed by atoms with van der Waals surface area (Å²) in [6.45, 7) is 6.97. The van der Waals surface area contributed by atoms with Gasteiger partial charge in [-0.15, -0.1) is 5.92 Å². The van der Waals surface area contributed by atoms with Gasteiger partial charge in [0.2, 0.25) is 0 Å². The Morgan fingerprint density at radius 3 is 1.16 bits per heavy atom. The molecule has 0 bridgehead atoms. The van der Waals surface area contributed by atoms with Crippen LogP contribution in [0.15, 0.2) is 0 Å². The molecule has 0 N–H and O–H groups in total. The lowest BCUT2D eigenvalue weighted by atomic mass is 9.06. The highest BCUT2D eigenvalue weighted by Gasteiger charge is 2.44. The zero-order valence-electron chi connectivity index (χ0n) is 17.4. The van der Waals surface area contributed by atoms with Gasteiger partial charge in [-0.1, -0.05) is 96.3 Å². The van der Waals surface area contributed by atoms with Crippen LogP contribution in [0, 0.1) is 17.2 Å². The molecule has 142 valence electrons. The Morgan fingerprint density at radius 2 is 0.880 bits per heavy atom. The van der Waals surface area contributed by atoms with E-state index in [-0.39, 0.29) is 5.41 Å². The molecule has 0 atom stereocenters. The first-order valence-electron chi connectivity index (χ1n) is 11.7. The van der Waals surface area contributed by atoms with Crippen LogP contribution in [-0.2, 0) is 0 Å². The lowest BCUT2D eigenvalue weighted by molar-refractivity contribution is 0.421. The summed E-state index contributed by atoms with van der Waals surface area (Å²) in [7, 11) is 0. The summed E-state index contributed by atoms with van der Waals surface area (Å²) in [5.41, 5.74) is 0.158. The molecule has 3 aliphatic rings. The second-order valence-corrected chi connectivity index (χ2v) is 10.8. The average molecular weight is 341 g/mol. The van der Waals surface area contributed by atoms with Crippen molar-refractivity contribution in [2.75, 3.05) is 0 Å². The highest BCUT2D eigenvalue weighted by Crippen LogP contribution is 2.56. The van der Waals surface area contributed by atoms with Crippen LogP contribution < -0.4 is 0 Å². The van der Waals surface area contributed by atoms with Gasteiger partial charge in [-0.05, 0) is 20.8 Å². The lowest BCUT2D eigenvalue weighted by Crippen LogP contribution is -2.50. The molecular weight excluding hydrogens is 299 g/mol. The summed E-state index contributed by atoms with van der Waals surface area (Å²) >= 11 is 0. The van der Waals surface area contributed by atoms with E-state index in [4.69, 9.17) is 0 Å². The zero-order valence-corrected chi connectivity index (χ0v) is 17.4. The molecule has 0 heterocycles. The van der Waals surface area contributed by atoms with E-state index < -0.39 is 6.15 Å². The Hall–Kier alpha value is -0.375.